The number of morpholine rings is 1. The number of carbonyl (C=O) groups is 1. The van der Waals surface area contributed by atoms with Gasteiger partial charge in [0.2, 0.25) is 5.91 Å². The summed E-state index contributed by atoms with van der Waals surface area (Å²) in [5, 5.41) is 4.21. The van der Waals surface area contributed by atoms with Gasteiger partial charge in [0, 0.05) is 16.6 Å². The summed E-state index contributed by atoms with van der Waals surface area (Å²) in [6, 6.07) is 18.9. The Balaban J connectivity index is 0.000000157. The van der Waals surface area contributed by atoms with Gasteiger partial charge in [0.25, 0.3) is 0 Å². The van der Waals surface area contributed by atoms with Crippen molar-refractivity contribution in [2.45, 2.75) is 0 Å². The van der Waals surface area contributed by atoms with Gasteiger partial charge < -0.3 is 10.1 Å². The molecule has 1 aliphatic rings. The van der Waals surface area contributed by atoms with Crippen LogP contribution in [-0.4, -0.2) is 25.7 Å². The molecule has 0 aliphatic carbocycles. The monoisotopic (exact) mass is 325 g/mol. The van der Waals surface area contributed by atoms with Crippen molar-refractivity contribution < 1.29 is 9.53 Å². The van der Waals surface area contributed by atoms with Gasteiger partial charge in [0.05, 0.1) is 6.61 Å². The molecule has 1 aliphatic heterocycles. The average Bonchev–Trinajstić information content (AvgIpc) is 2.51. The van der Waals surface area contributed by atoms with Crippen molar-refractivity contribution in [2.75, 3.05) is 19.8 Å². The van der Waals surface area contributed by atoms with Gasteiger partial charge in [-0.25, -0.2) is 0 Å². The molecule has 1 amide bonds. The molecule has 0 unspecified atom stereocenters. The number of hydrogen-bond acceptors (Lipinski definition) is 2. The van der Waals surface area contributed by atoms with Crippen LogP contribution in [0.1, 0.15) is 0 Å². The molecule has 1 saturated heterocycles. The highest BCUT2D eigenvalue weighted by Crippen LogP contribution is 2.04. The molecule has 3 nitrogen and oxygen atoms in total. The Bertz CT molecular complexity index is 461. The van der Waals surface area contributed by atoms with E-state index in [2.05, 4.69) is 5.32 Å². The molecule has 5 heteroatoms. The predicted molar refractivity (Wildman–Crippen MR) is 86.7 cm³/mol. The zero-order valence-corrected chi connectivity index (χ0v) is 13.0. The van der Waals surface area contributed by atoms with Crippen molar-refractivity contribution in [3.8, 4) is 0 Å². The molecule has 0 atom stereocenters. The van der Waals surface area contributed by atoms with Crippen LogP contribution in [0.4, 0.5) is 0 Å². The summed E-state index contributed by atoms with van der Waals surface area (Å²) in [4.78, 5) is 10.2. The maximum atomic E-state index is 10.2. The van der Waals surface area contributed by atoms with Crippen molar-refractivity contribution in [3.63, 3.8) is 0 Å². The van der Waals surface area contributed by atoms with Crippen molar-refractivity contribution in [1.82, 2.24) is 5.32 Å². The molecule has 3 rings (SSSR count). The summed E-state index contributed by atoms with van der Waals surface area (Å²) >= 11 is 11.1. The van der Waals surface area contributed by atoms with Crippen LogP contribution in [0.5, 0.6) is 0 Å². The van der Waals surface area contributed by atoms with E-state index in [4.69, 9.17) is 27.9 Å². The second-order valence-corrected chi connectivity index (χ2v) is 4.87. The molecule has 0 aromatic heterocycles. The van der Waals surface area contributed by atoms with Crippen molar-refractivity contribution >= 4 is 29.1 Å². The first-order chi connectivity index (χ1) is 10.2. The van der Waals surface area contributed by atoms with Crippen molar-refractivity contribution in [3.05, 3.63) is 70.7 Å². The summed E-state index contributed by atoms with van der Waals surface area (Å²) in [6.07, 6.45) is 0. The third-order valence-corrected chi connectivity index (χ3v) is 2.77. The van der Waals surface area contributed by atoms with Crippen LogP contribution in [0.2, 0.25) is 10.0 Å². The molecular formula is C16H17Cl2NO2. The van der Waals surface area contributed by atoms with Crippen molar-refractivity contribution in [1.29, 1.82) is 0 Å². The lowest BCUT2D eigenvalue weighted by Gasteiger charge is -2.10. The van der Waals surface area contributed by atoms with Crippen LogP contribution in [0, 0.1) is 0 Å². The molecule has 0 bridgehead atoms. The first kappa shape index (κ1) is 17.5. The van der Waals surface area contributed by atoms with E-state index >= 15 is 0 Å². The van der Waals surface area contributed by atoms with E-state index in [9.17, 15) is 4.79 Å². The van der Waals surface area contributed by atoms with Gasteiger partial charge in [0.15, 0.2) is 0 Å². The Morgan fingerprint density at radius 2 is 1.33 bits per heavy atom. The minimum Gasteiger partial charge on any atom is -0.370 e. The highest BCUT2D eigenvalue weighted by Gasteiger charge is 2.04. The third kappa shape index (κ3) is 9.91. The highest BCUT2D eigenvalue weighted by atomic mass is 35.5. The van der Waals surface area contributed by atoms with E-state index in [1.807, 2.05) is 60.7 Å². The van der Waals surface area contributed by atoms with Gasteiger partial charge in [-0.15, -0.1) is 0 Å². The van der Waals surface area contributed by atoms with Gasteiger partial charge >= 0.3 is 0 Å². The van der Waals surface area contributed by atoms with E-state index < -0.39 is 0 Å². The lowest BCUT2D eigenvalue weighted by Crippen LogP contribution is -2.36. The van der Waals surface area contributed by atoms with E-state index in [0.29, 0.717) is 13.2 Å². The zero-order chi connectivity index (χ0) is 15.3. The zero-order valence-electron chi connectivity index (χ0n) is 11.5. The molecule has 0 radical (unpaired) electrons. The quantitative estimate of drug-likeness (QED) is 0.799. The topological polar surface area (TPSA) is 38.3 Å². The summed E-state index contributed by atoms with van der Waals surface area (Å²) < 4.78 is 4.77. The maximum Gasteiger partial charge on any atom is 0.246 e. The van der Waals surface area contributed by atoms with Crippen LogP contribution in [0.3, 0.4) is 0 Å². The van der Waals surface area contributed by atoms with Crippen LogP contribution in [-0.2, 0) is 9.53 Å². The number of rotatable bonds is 0. The molecule has 1 N–H and O–H groups in total. The van der Waals surface area contributed by atoms with Gasteiger partial charge in [-0.05, 0) is 24.3 Å². The summed E-state index contributed by atoms with van der Waals surface area (Å²) in [5.41, 5.74) is 0. The first-order valence-corrected chi connectivity index (χ1v) is 7.19. The second kappa shape index (κ2) is 11.1. The predicted octanol–water partition coefficient (Wildman–Crippen LogP) is 3.81. The normalized spacial score (nSPS) is 13.0. The van der Waals surface area contributed by atoms with Gasteiger partial charge in [-0.1, -0.05) is 59.6 Å². The fraction of sp³-hybridized carbons (Fsp3) is 0.188. The van der Waals surface area contributed by atoms with Crippen LogP contribution >= 0.6 is 23.2 Å². The molecule has 0 spiro atoms. The second-order valence-electron chi connectivity index (χ2n) is 3.99. The minimum absolute atomic E-state index is 0.00810. The largest absolute Gasteiger partial charge is 0.370 e. The number of carbonyl (C=O) groups excluding carboxylic acids is 1. The molecule has 1 fully saturated rings. The Labute approximate surface area is 134 Å². The summed E-state index contributed by atoms with van der Waals surface area (Å²) in [5.74, 6) is -0.00810. The lowest BCUT2D eigenvalue weighted by molar-refractivity contribution is -0.128. The molecule has 21 heavy (non-hydrogen) atoms. The Kier molecular flexibility index (Phi) is 9.29. The maximum absolute atomic E-state index is 10.2. The fourth-order valence-electron chi connectivity index (χ4n) is 1.31. The van der Waals surface area contributed by atoms with Crippen LogP contribution < -0.4 is 5.32 Å². The van der Waals surface area contributed by atoms with Gasteiger partial charge in [-0.2, -0.15) is 0 Å². The molecule has 0 saturated carbocycles. The Hall–Kier alpha value is -1.55. The Morgan fingerprint density at radius 1 is 0.857 bits per heavy atom. The third-order valence-electron chi connectivity index (χ3n) is 2.27. The summed E-state index contributed by atoms with van der Waals surface area (Å²) in [7, 11) is 0. The molecule has 1 heterocycles. The standard InChI is InChI=1S/2C6H5Cl.C4H7NO2/c2*7-6-4-2-1-3-5-6;6-4-3-7-2-1-5-4/h2*1-5H;1-3H2,(H,5,6). The number of hydrogen-bond donors (Lipinski definition) is 1. The number of ether oxygens (including phenoxy) is 1. The number of halogens is 2. The average molecular weight is 326 g/mol. The molecular weight excluding hydrogens is 309 g/mol. The Morgan fingerprint density at radius 3 is 1.52 bits per heavy atom. The number of nitrogens with one attached hydrogen (secondary N) is 1. The smallest absolute Gasteiger partial charge is 0.246 e. The lowest BCUT2D eigenvalue weighted by atomic mass is 10.4. The summed E-state index contributed by atoms with van der Waals surface area (Å²) in [6.45, 7) is 1.56. The van der Waals surface area contributed by atoms with Gasteiger partial charge in [-0.3, -0.25) is 4.79 Å². The molecule has 2 aromatic rings. The number of amides is 1. The first-order valence-electron chi connectivity index (χ1n) is 6.44. The highest BCUT2D eigenvalue weighted by molar-refractivity contribution is 6.30. The van der Waals surface area contributed by atoms with Crippen LogP contribution in [0.15, 0.2) is 60.7 Å². The van der Waals surface area contributed by atoms with Crippen LogP contribution in [0.25, 0.3) is 0 Å². The van der Waals surface area contributed by atoms with Gasteiger partial charge in [0.1, 0.15) is 6.61 Å². The van der Waals surface area contributed by atoms with E-state index in [1.165, 1.54) is 0 Å². The van der Waals surface area contributed by atoms with Crippen molar-refractivity contribution in [2.24, 2.45) is 0 Å². The number of benzene rings is 2. The molecule has 112 valence electrons. The molecule has 2 aromatic carbocycles. The minimum atomic E-state index is -0.00810. The SMILES string of the molecule is Clc1ccccc1.Clc1ccccc1.O=C1COCCN1. The van der Waals surface area contributed by atoms with E-state index in [1.54, 1.807) is 0 Å². The van der Waals surface area contributed by atoms with E-state index in [0.717, 1.165) is 10.0 Å². The van der Waals surface area contributed by atoms with E-state index in [-0.39, 0.29) is 12.5 Å². The fourth-order valence-corrected chi connectivity index (χ4v) is 1.60.